The molecule has 27 nitrogen and oxygen atoms in total. The predicted octanol–water partition coefficient (Wildman–Crippen LogP) is 17.7. The van der Waals surface area contributed by atoms with Crippen molar-refractivity contribution in [3.05, 3.63) is 306 Å². The van der Waals surface area contributed by atoms with Crippen LogP contribution < -0.4 is 23.8 Å². The summed E-state index contributed by atoms with van der Waals surface area (Å²) in [6, 6.07) is 65.6. The van der Waals surface area contributed by atoms with Gasteiger partial charge in [0.05, 0.1) is 113 Å². The van der Waals surface area contributed by atoms with Gasteiger partial charge in [-0.3, -0.25) is 38.8 Å². The second kappa shape index (κ2) is 35.7. The van der Waals surface area contributed by atoms with Crippen molar-refractivity contribution in [1.82, 2.24) is 59.1 Å². The third kappa shape index (κ3) is 19.5. The highest BCUT2D eigenvalue weighted by Crippen LogP contribution is 2.38. The van der Waals surface area contributed by atoms with Gasteiger partial charge in [0.2, 0.25) is 0 Å². The Bertz CT molecular complexity index is 7260. The molecule has 1 saturated heterocycles. The van der Waals surface area contributed by atoms with E-state index in [2.05, 4.69) is 116 Å². The van der Waals surface area contributed by atoms with Gasteiger partial charge in [0.25, 0.3) is 40.1 Å². The lowest BCUT2D eigenvalue weighted by molar-refractivity contribution is 0.122. The quantitative estimate of drug-likeness (QED) is 0.0533. The first kappa shape index (κ1) is 88.7. The van der Waals surface area contributed by atoms with Gasteiger partial charge >= 0.3 is 0 Å². The van der Waals surface area contributed by atoms with Gasteiger partial charge in [0.1, 0.15) is 29.1 Å². The van der Waals surface area contributed by atoms with Crippen molar-refractivity contribution < 1.29 is 47.9 Å². The fraction of sp³-hybridized carbons (Fsp3) is 0.242. The Morgan fingerprint density at radius 3 is 1.24 bits per heavy atom. The highest BCUT2D eigenvalue weighted by molar-refractivity contribution is 7.93. The van der Waals surface area contributed by atoms with E-state index in [4.69, 9.17) is 9.84 Å². The first-order valence-electron chi connectivity index (χ1n) is 41.3. The summed E-state index contributed by atoms with van der Waals surface area (Å²) in [5, 5.41) is 31.3. The molecule has 1 aliphatic heterocycles. The number of ether oxygens (including phenoxy) is 1. The molecule has 0 unspecified atom stereocenters. The predicted molar refractivity (Wildman–Crippen MR) is 496 cm³/mol. The number of aliphatic hydroxyl groups excluding tert-OH is 1. The molecule has 0 saturated carbocycles. The number of hydrogen-bond donors (Lipinski definition) is 5. The molecule has 1 fully saturated rings. The summed E-state index contributed by atoms with van der Waals surface area (Å²) in [6.07, 6.45) is 9.53. The molecule has 9 heterocycles. The number of nitrogens with one attached hydrogen (secondary N) is 4. The number of aryl methyl sites for hydroxylation is 4. The first-order valence-corrected chi connectivity index (χ1v) is 47.2. The SMILES string of the molecule is CC(C)(C)c1ccc(S(=O)(=O)Nc2c3c(nn2-c2cccc4ncccc24)CCC3)cc1.CC(C)(C)c1ccc(S(=O)(=O)Nc2cc(CO)nn2-c2cccc3ncccc23)cc1.Cc1cc(NS(=O)(=O)c2ccc(C(C)(C)C)cc2)n(-c2cccc3nccc(C)c23)n1.Cc1cc(NS(=O)(=O)c2ccc(N3CCOCC3)c(F)c2)n(-c2cccc3ncccc23)n1. The molecule has 0 bridgehead atoms. The van der Waals surface area contributed by atoms with Gasteiger partial charge in [0.15, 0.2) is 0 Å². The van der Waals surface area contributed by atoms with Crippen LogP contribution in [0.5, 0.6) is 0 Å². The van der Waals surface area contributed by atoms with E-state index in [0.29, 0.717) is 72.1 Å². The number of aromatic nitrogens is 12. The van der Waals surface area contributed by atoms with E-state index >= 15 is 0 Å². The highest BCUT2D eigenvalue weighted by Gasteiger charge is 2.31. The topological polar surface area (TPSA) is 340 Å². The summed E-state index contributed by atoms with van der Waals surface area (Å²) in [4.78, 5) is 19.8. The lowest BCUT2D eigenvalue weighted by atomic mass is 9.87. The van der Waals surface area contributed by atoms with Crippen LogP contribution >= 0.6 is 0 Å². The number of benzene rings is 8. The van der Waals surface area contributed by atoms with Crippen LogP contribution in [-0.4, -0.2) is 124 Å². The molecule has 5 N–H and O–H groups in total. The Morgan fingerprint density at radius 1 is 0.394 bits per heavy atom. The van der Waals surface area contributed by atoms with Crippen LogP contribution in [0.4, 0.5) is 33.3 Å². The molecule has 654 valence electrons. The largest absolute Gasteiger partial charge is 0.390 e. The van der Waals surface area contributed by atoms with Gasteiger partial charge in [-0.15, -0.1) is 0 Å². The number of aliphatic hydroxyl groups is 1. The van der Waals surface area contributed by atoms with E-state index in [0.717, 1.165) is 114 Å². The molecule has 1 aliphatic carbocycles. The number of sulfonamides is 4. The summed E-state index contributed by atoms with van der Waals surface area (Å²) in [5.74, 6) is 0.799. The summed E-state index contributed by atoms with van der Waals surface area (Å²) in [6.45, 7) is 26.2. The number of nitrogens with zero attached hydrogens (tertiary/aromatic N) is 13. The number of morpholine rings is 1. The van der Waals surface area contributed by atoms with E-state index < -0.39 is 45.9 Å². The van der Waals surface area contributed by atoms with Crippen molar-refractivity contribution in [2.24, 2.45) is 0 Å². The molecule has 32 heteroatoms. The first-order chi connectivity index (χ1) is 60.4. The van der Waals surface area contributed by atoms with Crippen molar-refractivity contribution in [2.45, 2.75) is 145 Å². The normalized spacial score (nSPS) is 13.3. The summed E-state index contributed by atoms with van der Waals surface area (Å²) in [7, 11) is -15.5. The Labute approximate surface area is 738 Å². The van der Waals surface area contributed by atoms with E-state index in [-0.39, 0.29) is 54.1 Å². The van der Waals surface area contributed by atoms with Crippen molar-refractivity contribution in [2.75, 3.05) is 50.1 Å². The molecular formula is C95H98FN17O10S4. The van der Waals surface area contributed by atoms with Crippen LogP contribution in [0.3, 0.4) is 0 Å². The third-order valence-corrected chi connectivity index (χ3v) is 27.3. The van der Waals surface area contributed by atoms with Crippen molar-refractivity contribution in [1.29, 1.82) is 0 Å². The molecular weight excluding hydrogens is 1690 g/mol. The lowest BCUT2D eigenvalue weighted by Gasteiger charge is -2.29. The number of halogens is 1. The molecule has 0 spiro atoms. The molecule has 8 aromatic heterocycles. The minimum atomic E-state index is -4.06. The zero-order valence-corrected chi connectivity index (χ0v) is 75.5. The standard InChI is InChI=1S/C25H26N4O2S.C24H26N4O2S.C23H22FN5O3S.C23H24N4O3S/c1-25(2,3)17-12-14-18(15-13-17)32(30,31)28-24-20-7-4-10-22(20)27-29(24)23-11-5-9-21-19(23)8-6-16-26-21;1-16-13-14-25-20-7-6-8-21(23(16)20)28-22(15-17(2)26-28)27-31(29,30)19-11-9-18(10-12-19)24(3,4)5;1-16-14-23(29(26-16)21-6-2-5-20-18(21)4-3-9-25-20)27-33(30,31)17-7-8-22(19(24)15-17)28-10-12-32-13-11-28;1-23(2,3)16-9-11-18(12-10-16)31(29,30)26-22-14-17(15-28)25-27(22)21-8-4-7-20-19(21)6-5-13-24-20/h5-6,8-9,11-16,28H,4,7,10H2,1-3H3;6-15,27H,1-5H3;2-9,14-15,27H,10-13H2,1H3;4-14,26,28H,15H2,1-3H3. The number of pyridine rings is 4. The second-order valence-electron chi connectivity index (χ2n) is 34.1. The number of hydrogen-bond acceptors (Lipinski definition) is 19. The molecule has 8 aromatic carbocycles. The Morgan fingerprint density at radius 2 is 0.787 bits per heavy atom. The minimum Gasteiger partial charge on any atom is -0.390 e. The van der Waals surface area contributed by atoms with Crippen LogP contribution in [0.2, 0.25) is 0 Å². The molecule has 0 atom stereocenters. The smallest absolute Gasteiger partial charge is 0.263 e. The molecule has 127 heavy (non-hydrogen) atoms. The maximum Gasteiger partial charge on any atom is 0.263 e. The van der Waals surface area contributed by atoms with Gasteiger partial charge in [-0.25, -0.2) is 56.8 Å². The van der Waals surface area contributed by atoms with E-state index in [1.54, 1.807) is 89.6 Å². The van der Waals surface area contributed by atoms with Crippen LogP contribution in [0.1, 0.15) is 119 Å². The zero-order chi connectivity index (χ0) is 90.1. The number of rotatable bonds is 18. The Balaban J connectivity index is 0.000000131. The van der Waals surface area contributed by atoms with Crippen molar-refractivity contribution >= 4 is 113 Å². The van der Waals surface area contributed by atoms with E-state index in [1.165, 1.54) is 27.6 Å². The number of fused-ring (bicyclic) bond motifs is 5. The maximum atomic E-state index is 14.8. The van der Waals surface area contributed by atoms with Gasteiger partial charge in [0, 0.05) is 83.2 Å². The average Bonchev–Trinajstić information content (AvgIpc) is 1.27. The monoisotopic (exact) mass is 1780 g/mol. The zero-order valence-electron chi connectivity index (χ0n) is 72.3. The molecule has 18 rings (SSSR count). The second-order valence-corrected chi connectivity index (χ2v) is 40.8. The summed E-state index contributed by atoms with van der Waals surface area (Å²) >= 11 is 0. The minimum absolute atomic E-state index is 0.0441. The maximum absolute atomic E-state index is 14.8. The highest BCUT2D eigenvalue weighted by atomic mass is 32.2. The molecule has 2 aliphatic rings. The van der Waals surface area contributed by atoms with Crippen LogP contribution in [0, 0.1) is 26.6 Å². The van der Waals surface area contributed by atoms with Crippen LogP contribution in [0.25, 0.3) is 66.4 Å². The van der Waals surface area contributed by atoms with Gasteiger partial charge in [-0.1, -0.05) is 123 Å². The summed E-state index contributed by atoms with van der Waals surface area (Å²) in [5.41, 5.74) is 14.2. The van der Waals surface area contributed by atoms with E-state index in [1.807, 2.05) is 170 Å². The van der Waals surface area contributed by atoms with E-state index in [9.17, 15) is 43.2 Å². The van der Waals surface area contributed by atoms with Gasteiger partial charge in [-0.2, -0.15) is 20.4 Å². The van der Waals surface area contributed by atoms with Gasteiger partial charge < -0.3 is 14.7 Å². The van der Waals surface area contributed by atoms with Crippen LogP contribution in [0.15, 0.2) is 269 Å². The average molecular weight is 1790 g/mol. The van der Waals surface area contributed by atoms with Crippen molar-refractivity contribution in [3.8, 4) is 22.7 Å². The lowest BCUT2D eigenvalue weighted by Crippen LogP contribution is -2.36. The molecule has 0 radical (unpaired) electrons. The van der Waals surface area contributed by atoms with Crippen LogP contribution in [-0.2, 0) is 80.5 Å². The number of anilines is 5. The Hall–Kier alpha value is -13.1. The molecule has 16 aromatic rings. The van der Waals surface area contributed by atoms with Crippen molar-refractivity contribution in [3.63, 3.8) is 0 Å². The fourth-order valence-electron chi connectivity index (χ4n) is 15.2. The van der Waals surface area contributed by atoms with Gasteiger partial charge in [-0.05, 0) is 224 Å². The molecule has 0 amide bonds. The third-order valence-electron chi connectivity index (χ3n) is 21.8. The fourth-order valence-corrected chi connectivity index (χ4v) is 19.4. The summed E-state index contributed by atoms with van der Waals surface area (Å²) < 4.78 is 143. The Kier molecular flexibility index (Phi) is 25.0.